The Kier molecular flexibility index (Phi) is 8.68. The molecule has 0 fully saturated rings. The summed E-state index contributed by atoms with van der Waals surface area (Å²) in [5.74, 6) is -1.84. The largest absolute Gasteiger partial charge is 0.462 e. The molecule has 0 saturated heterocycles. The van der Waals surface area contributed by atoms with Crippen LogP contribution in [0.15, 0.2) is 35.4 Å². The van der Waals surface area contributed by atoms with E-state index >= 15 is 0 Å². The number of carbonyl (C=O) groups is 2. The summed E-state index contributed by atoms with van der Waals surface area (Å²) in [5.41, 5.74) is -0.916. The fourth-order valence-electron chi connectivity index (χ4n) is 4.45. The lowest BCUT2D eigenvalue weighted by Crippen LogP contribution is -2.29. The van der Waals surface area contributed by atoms with Crippen LogP contribution in [0.4, 0.5) is 24.3 Å². The molecule has 4 rings (SSSR count). The first-order chi connectivity index (χ1) is 19.2. The summed E-state index contributed by atoms with van der Waals surface area (Å²) in [4.78, 5) is 39.6. The topological polar surface area (TPSA) is 131 Å². The van der Waals surface area contributed by atoms with E-state index in [0.29, 0.717) is 16.4 Å². The molecule has 0 bridgehead atoms. The third-order valence-corrected chi connectivity index (χ3v) is 9.08. The maximum Gasteiger partial charge on any atom is 0.434 e. The van der Waals surface area contributed by atoms with Gasteiger partial charge < -0.3 is 15.0 Å². The first-order valence-electron chi connectivity index (χ1n) is 12.7. The number of nitrogens with zero attached hydrogens (tertiary/aromatic N) is 4. The van der Waals surface area contributed by atoms with E-state index in [-0.39, 0.29) is 48.0 Å². The van der Waals surface area contributed by atoms with Crippen LogP contribution in [0.1, 0.15) is 65.9 Å². The normalized spacial score (nSPS) is 15.2. The van der Waals surface area contributed by atoms with Gasteiger partial charge in [0.25, 0.3) is 0 Å². The monoisotopic (exact) mass is 611 g/mol. The number of halogens is 3. The molecule has 0 aliphatic carbocycles. The number of ether oxygens (including phenoxy) is 1. The minimum atomic E-state index is -4.90. The van der Waals surface area contributed by atoms with Gasteiger partial charge in [0.15, 0.2) is 20.7 Å². The van der Waals surface area contributed by atoms with Gasteiger partial charge in [0.1, 0.15) is 5.56 Å². The Hall–Kier alpha value is -3.59. The van der Waals surface area contributed by atoms with Crippen LogP contribution in [0.3, 0.4) is 0 Å². The number of anilines is 2. The second-order valence-electron chi connectivity index (χ2n) is 9.57. The van der Waals surface area contributed by atoms with E-state index in [9.17, 15) is 31.2 Å². The summed E-state index contributed by atoms with van der Waals surface area (Å²) in [6, 6.07) is 5.62. The van der Waals surface area contributed by atoms with Crippen molar-refractivity contribution >= 4 is 44.1 Å². The molecule has 3 heterocycles. The molecular weight excluding hydrogens is 583 g/mol. The quantitative estimate of drug-likeness (QED) is 0.338. The van der Waals surface area contributed by atoms with Crippen molar-refractivity contribution in [1.29, 1.82) is 0 Å². The highest BCUT2D eigenvalue weighted by Crippen LogP contribution is 2.44. The Balaban J connectivity index is 1.53. The number of amides is 1. The van der Waals surface area contributed by atoms with E-state index in [2.05, 4.69) is 20.3 Å². The lowest BCUT2D eigenvalue weighted by Gasteiger charge is -2.28. The molecule has 3 aromatic rings. The van der Waals surface area contributed by atoms with Crippen molar-refractivity contribution < 1.29 is 35.9 Å². The number of rotatable bonds is 9. The van der Waals surface area contributed by atoms with Gasteiger partial charge in [0, 0.05) is 6.20 Å². The Morgan fingerprint density at radius 2 is 1.85 bits per heavy atom. The van der Waals surface area contributed by atoms with E-state index in [1.54, 1.807) is 24.0 Å². The van der Waals surface area contributed by atoms with Crippen LogP contribution in [0.25, 0.3) is 0 Å². The highest BCUT2D eigenvalue weighted by molar-refractivity contribution is 7.91. The van der Waals surface area contributed by atoms with Crippen LogP contribution < -0.4 is 10.2 Å². The van der Waals surface area contributed by atoms with Crippen molar-refractivity contribution in [3.05, 3.63) is 57.9 Å². The number of carbonyl (C=O) groups excluding carboxylic acids is 2. The molecule has 41 heavy (non-hydrogen) atoms. The van der Waals surface area contributed by atoms with Crippen molar-refractivity contribution in [3.8, 4) is 0 Å². The first-order valence-corrected chi connectivity index (χ1v) is 15.2. The van der Waals surface area contributed by atoms with E-state index in [1.165, 1.54) is 30.4 Å². The van der Waals surface area contributed by atoms with Crippen molar-refractivity contribution in [2.24, 2.45) is 5.92 Å². The molecule has 220 valence electrons. The average molecular weight is 612 g/mol. The first kappa shape index (κ1) is 30.4. The summed E-state index contributed by atoms with van der Waals surface area (Å²) >= 11 is 1.20. The van der Waals surface area contributed by atoms with Gasteiger partial charge in [-0.2, -0.15) is 13.2 Å². The molecule has 10 nitrogen and oxygen atoms in total. The number of nitrogens with one attached hydrogen (secondary N) is 1. The third kappa shape index (κ3) is 6.50. The maximum atomic E-state index is 13.8. The van der Waals surface area contributed by atoms with Crippen LogP contribution in [0, 0.1) is 5.92 Å². The average Bonchev–Trinajstić information content (AvgIpc) is 3.45. The van der Waals surface area contributed by atoms with E-state index in [4.69, 9.17) is 4.74 Å². The molecule has 1 aliphatic heterocycles. The smallest absolute Gasteiger partial charge is 0.434 e. The lowest BCUT2D eigenvalue weighted by molar-refractivity contribution is -0.141. The molecule has 1 N–H and O–H groups in total. The van der Waals surface area contributed by atoms with E-state index < -0.39 is 39.3 Å². The van der Waals surface area contributed by atoms with Crippen LogP contribution >= 0.6 is 11.3 Å². The summed E-state index contributed by atoms with van der Waals surface area (Å²) < 4.78 is 70.1. The van der Waals surface area contributed by atoms with Gasteiger partial charge in [-0.3, -0.25) is 4.79 Å². The van der Waals surface area contributed by atoms with Crippen molar-refractivity contribution in [3.63, 3.8) is 0 Å². The van der Waals surface area contributed by atoms with Crippen LogP contribution in [-0.2, 0) is 38.5 Å². The molecular formula is C26H28F3N5O5S2. The Morgan fingerprint density at radius 3 is 2.44 bits per heavy atom. The van der Waals surface area contributed by atoms with Crippen molar-refractivity contribution in [2.45, 2.75) is 57.8 Å². The van der Waals surface area contributed by atoms with Crippen LogP contribution in [-0.4, -0.2) is 47.6 Å². The minimum Gasteiger partial charge on any atom is -0.462 e. The SMILES string of the molecule is CCOC(=O)c1cnc(N2Cc3sc(NC(=O)Cc4ccc(S(=O)(=O)CC)cc4)nc3[C@@H]2C(C)C)nc1C(F)(F)F. The number of benzene rings is 1. The number of fused-ring (bicyclic) bond motifs is 1. The standard InChI is InChI=1S/C26H28F3N5O5S2/c1-5-39-23(36)17-12-30-24(33-22(17)26(27,28)29)34-13-18-20(21(34)14(3)4)32-25(40-18)31-19(35)11-15-7-9-16(10-8-15)41(37,38)6-2/h7-10,12,14,21H,5-6,11,13H2,1-4H3,(H,31,32,35)/t21-/m0/s1. The second-order valence-corrected chi connectivity index (χ2v) is 12.9. The third-order valence-electron chi connectivity index (χ3n) is 6.36. The molecule has 0 unspecified atom stereocenters. The molecule has 0 radical (unpaired) electrons. The summed E-state index contributed by atoms with van der Waals surface area (Å²) in [6.45, 7) is 6.86. The van der Waals surface area contributed by atoms with E-state index in [1.807, 2.05) is 13.8 Å². The van der Waals surface area contributed by atoms with Crippen LogP contribution in [0.5, 0.6) is 0 Å². The predicted molar refractivity (Wildman–Crippen MR) is 145 cm³/mol. The number of sulfone groups is 1. The number of hydrogen-bond acceptors (Lipinski definition) is 10. The Labute approximate surface area is 238 Å². The molecule has 1 aliphatic rings. The number of aromatic nitrogens is 3. The second kappa shape index (κ2) is 11.7. The number of hydrogen-bond donors (Lipinski definition) is 1. The molecule has 0 spiro atoms. The zero-order chi connectivity index (χ0) is 30.1. The van der Waals surface area contributed by atoms with Gasteiger partial charge in [0.05, 0.1) is 46.8 Å². The molecule has 1 atom stereocenters. The molecule has 0 saturated carbocycles. The molecule has 1 aromatic carbocycles. The lowest BCUT2D eigenvalue weighted by atomic mass is 10.0. The van der Waals surface area contributed by atoms with Crippen molar-refractivity contribution in [2.75, 3.05) is 22.6 Å². The number of esters is 1. The molecule has 1 amide bonds. The highest BCUT2D eigenvalue weighted by Gasteiger charge is 2.42. The van der Waals surface area contributed by atoms with Gasteiger partial charge in [-0.05, 0) is 30.5 Å². The zero-order valence-electron chi connectivity index (χ0n) is 22.7. The molecule has 2 aromatic heterocycles. The fourth-order valence-corrected chi connectivity index (χ4v) is 6.35. The van der Waals surface area contributed by atoms with Gasteiger partial charge in [-0.1, -0.05) is 44.2 Å². The van der Waals surface area contributed by atoms with Gasteiger partial charge in [-0.25, -0.2) is 28.2 Å². The zero-order valence-corrected chi connectivity index (χ0v) is 24.3. The summed E-state index contributed by atoms with van der Waals surface area (Å²) in [6.07, 6.45) is -4.08. The Bertz CT molecular complexity index is 1560. The van der Waals surface area contributed by atoms with Crippen molar-refractivity contribution in [1.82, 2.24) is 15.0 Å². The fraction of sp³-hybridized carbons (Fsp3) is 0.423. The predicted octanol–water partition coefficient (Wildman–Crippen LogP) is 4.82. The van der Waals surface area contributed by atoms with Gasteiger partial charge in [0.2, 0.25) is 11.9 Å². The van der Waals surface area contributed by atoms with E-state index in [0.717, 1.165) is 11.1 Å². The Morgan fingerprint density at radius 1 is 1.17 bits per heavy atom. The number of alkyl halides is 3. The summed E-state index contributed by atoms with van der Waals surface area (Å²) in [7, 11) is -3.34. The van der Waals surface area contributed by atoms with Crippen LogP contribution in [0.2, 0.25) is 0 Å². The molecule has 15 heteroatoms. The number of thiazole rings is 1. The van der Waals surface area contributed by atoms with Gasteiger partial charge >= 0.3 is 12.1 Å². The minimum absolute atomic E-state index is 0.00267. The van der Waals surface area contributed by atoms with Gasteiger partial charge in [-0.15, -0.1) is 0 Å². The highest BCUT2D eigenvalue weighted by atomic mass is 32.2. The maximum absolute atomic E-state index is 13.8. The summed E-state index contributed by atoms with van der Waals surface area (Å²) in [5, 5.41) is 3.09.